The van der Waals surface area contributed by atoms with E-state index in [1.54, 1.807) is 6.07 Å². The first kappa shape index (κ1) is 60.0. The van der Waals surface area contributed by atoms with Gasteiger partial charge in [0.05, 0.1) is 44.5 Å². The van der Waals surface area contributed by atoms with Crippen molar-refractivity contribution >= 4 is 44.7 Å². The Morgan fingerprint density at radius 3 is 0.897 bits per heavy atom. The Hall–Kier alpha value is -7.26. The van der Waals surface area contributed by atoms with Crippen LogP contribution in [0.2, 0.25) is 0 Å². The molecule has 1 heterocycles. The Morgan fingerprint density at radius 2 is 0.628 bits per heavy atom. The fourth-order valence-corrected chi connectivity index (χ4v) is 8.59. The number of Topliss-reactive ketones (excluding diaryl/α,β-unsaturated/α-hetero) is 1. The standard InChI is InChI=1S/C32H12BF24.C18H16NO2/c34-25(35,36)13-1-14(26(37,38)39)6-21(5-13)33(22-7-15(27(40,41)42)2-16(8-22)28(43,44)45,23-9-17(29(46,47)48)3-18(10-23)30(49,50)51)24-11-19(31(52,53)54)4-20(12-24)32(55,56)57;20-13-18(21)17-11-10-15-8-4-5-9-16(15)19(17)12-14-6-2-1-3-7-14/h1-12H;1-11,20H,12-13H2/q-1;+1. The van der Waals surface area contributed by atoms with Crippen LogP contribution in [0.3, 0.4) is 0 Å². The molecule has 0 atom stereocenters. The fourth-order valence-electron chi connectivity index (χ4n) is 8.59. The van der Waals surface area contributed by atoms with Gasteiger partial charge < -0.3 is 5.11 Å². The predicted molar refractivity (Wildman–Crippen MR) is 231 cm³/mol. The third-order valence-electron chi connectivity index (χ3n) is 12.0. The number of nitrogens with zero attached hydrogens (tertiary/aromatic N) is 1. The molecule has 1 N–H and O–H groups in total. The summed E-state index contributed by atoms with van der Waals surface area (Å²) in [5, 5.41) is 10.3. The van der Waals surface area contributed by atoms with Crippen LogP contribution in [0.15, 0.2) is 140 Å². The number of fused-ring (bicyclic) bond motifs is 1. The van der Waals surface area contributed by atoms with Crippen molar-refractivity contribution in [3.8, 4) is 0 Å². The minimum absolute atomic E-state index is 0.267. The van der Waals surface area contributed by atoms with Gasteiger partial charge in [-0.2, -0.15) is 132 Å². The molecule has 78 heavy (non-hydrogen) atoms. The van der Waals surface area contributed by atoms with E-state index in [0.29, 0.717) is 12.2 Å². The van der Waals surface area contributed by atoms with Gasteiger partial charge in [0.1, 0.15) is 12.8 Å². The summed E-state index contributed by atoms with van der Waals surface area (Å²) in [6.07, 6.45) is -54.8. The van der Waals surface area contributed by atoms with Crippen molar-refractivity contribution in [1.29, 1.82) is 0 Å². The van der Waals surface area contributed by atoms with E-state index < -0.39 is 201 Å². The van der Waals surface area contributed by atoms with Gasteiger partial charge in [0.25, 0.3) is 11.5 Å². The molecule has 416 valence electrons. The predicted octanol–water partition coefficient (Wildman–Crippen LogP) is 13.6. The highest BCUT2D eigenvalue weighted by Crippen LogP contribution is 2.41. The maximum atomic E-state index is 14.2. The van der Waals surface area contributed by atoms with Gasteiger partial charge in [-0.25, -0.2) is 0 Å². The molecule has 0 aliphatic rings. The van der Waals surface area contributed by atoms with Gasteiger partial charge in [-0.05, 0) is 36.4 Å². The Balaban J connectivity index is 0.000000387. The van der Waals surface area contributed by atoms with Crippen LogP contribution >= 0.6 is 0 Å². The molecule has 0 fully saturated rings. The first-order valence-corrected chi connectivity index (χ1v) is 21.5. The molecule has 0 spiro atoms. The Morgan fingerprint density at radius 1 is 0.359 bits per heavy atom. The molecule has 6 aromatic carbocycles. The third-order valence-corrected chi connectivity index (χ3v) is 12.0. The number of ketones is 1. The average Bonchev–Trinajstić information content (AvgIpc) is 3.32. The maximum Gasteiger partial charge on any atom is 0.416 e. The maximum absolute atomic E-state index is 14.2. The minimum Gasteiger partial charge on any atom is -0.388 e. The highest BCUT2D eigenvalue weighted by atomic mass is 19.4. The summed E-state index contributed by atoms with van der Waals surface area (Å²) in [5.74, 6) is -0.267. The summed E-state index contributed by atoms with van der Waals surface area (Å²) >= 11 is 0. The summed E-state index contributed by atoms with van der Waals surface area (Å²) in [6.45, 7) is 0.121. The van der Waals surface area contributed by atoms with Gasteiger partial charge in [-0.15, -0.1) is 0 Å². The van der Waals surface area contributed by atoms with Crippen molar-refractivity contribution in [2.75, 3.05) is 6.61 Å². The number of aliphatic hydroxyl groups is 1. The summed E-state index contributed by atoms with van der Waals surface area (Å²) < 4.78 is 343. The molecule has 0 aliphatic carbocycles. The number of benzene rings is 6. The molecule has 0 amide bonds. The second-order valence-corrected chi connectivity index (χ2v) is 17.2. The van der Waals surface area contributed by atoms with Crippen LogP contribution in [0.4, 0.5) is 105 Å². The number of carbonyl (C=O) groups is 1. The van der Waals surface area contributed by atoms with Crippen LogP contribution < -0.4 is 26.4 Å². The first-order chi connectivity index (χ1) is 35.6. The fraction of sp³-hybridized carbons (Fsp3) is 0.200. The van der Waals surface area contributed by atoms with Crippen molar-refractivity contribution in [1.82, 2.24) is 0 Å². The van der Waals surface area contributed by atoms with Crippen molar-refractivity contribution in [3.63, 3.8) is 0 Å². The first-order valence-electron chi connectivity index (χ1n) is 21.5. The number of aliphatic hydroxyl groups excluding tert-OH is 1. The SMILES string of the molecule is FC(F)(F)c1cc([B-](c2cc(C(F)(F)F)cc(C(F)(F)F)c2)(c2cc(C(F)(F)F)cc(C(F)(F)F)c2)c2cc(C(F)(F)F)cc(C(F)(F)F)c2)cc(C(F)(F)F)c1.O=C(CO)c1ccc2ccccc2[n+]1Cc1ccccc1. The van der Waals surface area contributed by atoms with E-state index >= 15 is 0 Å². The van der Waals surface area contributed by atoms with E-state index in [1.807, 2.05) is 65.2 Å². The highest BCUT2D eigenvalue weighted by molar-refractivity contribution is 7.20. The van der Waals surface area contributed by atoms with Crippen molar-refractivity contribution < 1.29 is 120 Å². The largest absolute Gasteiger partial charge is 0.416 e. The average molecular weight is 1140 g/mol. The summed E-state index contributed by atoms with van der Waals surface area (Å²) in [6, 6.07) is 12.8. The molecule has 0 saturated heterocycles. The third kappa shape index (κ3) is 13.2. The molecule has 1 aromatic heterocycles. The van der Waals surface area contributed by atoms with Crippen molar-refractivity contribution in [3.05, 3.63) is 195 Å². The lowest BCUT2D eigenvalue weighted by atomic mass is 9.12. The van der Waals surface area contributed by atoms with Gasteiger partial charge in [0, 0.05) is 23.1 Å². The number of carbonyl (C=O) groups excluding carboxylic acids is 1. The Kier molecular flexibility index (Phi) is 16.0. The topological polar surface area (TPSA) is 41.2 Å². The lowest BCUT2D eigenvalue weighted by Gasteiger charge is -2.46. The number of halogens is 24. The van der Waals surface area contributed by atoms with Gasteiger partial charge >= 0.3 is 49.4 Å². The number of aromatic nitrogens is 1. The number of hydrogen-bond donors (Lipinski definition) is 1. The minimum atomic E-state index is -6.13. The number of rotatable bonds is 8. The lowest BCUT2D eigenvalue weighted by Crippen LogP contribution is -2.75. The van der Waals surface area contributed by atoms with E-state index in [1.165, 1.54) is 0 Å². The molecule has 28 heteroatoms. The second kappa shape index (κ2) is 20.8. The molecule has 7 aromatic rings. The molecule has 0 radical (unpaired) electrons. The van der Waals surface area contributed by atoms with Crippen LogP contribution in [-0.4, -0.2) is 23.6 Å². The van der Waals surface area contributed by atoms with Gasteiger partial charge in [-0.1, -0.05) is 91.0 Å². The number of para-hydroxylation sites is 1. The van der Waals surface area contributed by atoms with Crippen LogP contribution in [0.25, 0.3) is 10.9 Å². The van der Waals surface area contributed by atoms with Gasteiger partial charge in [-0.3, -0.25) is 4.79 Å². The van der Waals surface area contributed by atoms with Crippen LogP contribution in [0, 0.1) is 0 Å². The van der Waals surface area contributed by atoms with E-state index in [4.69, 9.17) is 0 Å². The molecule has 3 nitrogen and oxygen atoms in total. The van der Waals surface area contributed by atoms with Crippen LogP contribution in [0.5, 0.6) is 0 Å². The molecule has 0 unspecified atom stereocenters. The molecular weight excluding hydrogens is 1110 g/mol. The second-order valence-electron chi connectivity index (χ2n) is 17.2. The van der Waals surface area contributed by atoms with Gasteiger partial charge in [0.2, 0.25) is 5.52 Å². The number of alkyl halides is 24. The molecule has 0 saturated carbocycles. The van der Waals surface area contributed by atoms with E-state index in [2.05, 4.69) is 0 Å². The summed E-state index contributed by atoms with van der Waals surface area (Å²) in [4.78, 5) is 12.0. The summed E-state index contributed by atoms with van der Waals surface area (Å²) in [5.41, 5.74) is -27.6. The van der Waals surface area contributed by atoms with E-state index in [-0.39, 0.29) is 5.78 Å². The van der Waals surface area contributed by atoms with E-state index in [0.717, 1.165) is 16.5 Å². The molecular formula is C50H28BF24NO2. The summed E-state index contributed by atoms with van der Waals surface area (Å²) in [7, 11) is 0. The molecule has 0 aliphatic heterocycles. The zero-order chi connectivity index (χ0) is 58.6. The van der Waals surface area contributed by atoms with E-state index in [9.17, 15) is 115 Å². The number of pyridine rings is 1. The number of hydrogen-bond acceptors (Lipinski definition) is 2. The van der Waals surface area contributed by atoms with Gasteiger partial charge in [0.15, 0.2) is 6.54 Å². The smallest absolute Gasteiger partial charge is 0.388 e. The molecule has 7 rings (SSSR count). The monoisotopic (exact) mass is 1140 g/mol. The normalized spacial score (nSPS) is 13.3. The Labute approximate surface area is 421 Å². The van der Waals surface area contributed by atoms with Crippen molar-refractivity contribution in [2.45, 2.75) is 56.0 Å². The lowest BCUT2D eigenvalue weighted by molar-refractivity contribution is -0.664. The zero-order valence-electron chi connectivity index (χ0n) is 38.1. The van der Waals surface area contributed by atoms with Crippen LogP contribution in [0.1, 0.15) is 60.6 Å². The quantitative estimate of drug-likeness (QED) is 0.0713. The van der Waals surface area contributed by atoms with Crippen molar-refractivity contribution in [2.24, 2.45) is 0 Å². The van der Waals surface area contributed by atoms with Crippen LogP contribution in [-0.2, 0) is 56.0 Å². The molecule has 0 bridgehead atoms. The zero-order valence-corrected chi connectivity index (χ0v) is 38.1. The highest BCUT2D eigenvalue weighted by Gasteiger charge is 2.47. The Bertz CT molecular complexity index is 2890.